The Morgan fingerprint density at radius 1 is 1.67 bits per heavy atom. The first-order valence-corrected chi connectivity index (χ1v) is 8.44. The average Bonchev–Trinajstić information content (AvgIpc) is 2.83. The zero-order chi connectivity index (χ0) is 13.0. The van der Waals surface area contributed by atoms with Crippen LogP contribution in [0, 0.1) is 2.88 Å². The van der Waals surface area contributed by atoms with E-state index in [0.717, 1.165) is 38.0 Å². The van der Waals surface area contributed by atoms with Crippen LogP contribution < -0.4 is 5.32 Å². The third kappa shape index (κ3) is 3.45. The van der Waals surface area contributed by atoms with E-state index in [1.54, 1.807) is 11.3 Å². The Kier molecular flexibility index (Phi) is 5.44. The van der Waals surface area contributed by atoms with Crippen molar-refractivity contribution >= 4 is 39.8 Å². The molecule has 1 atom stereocenters. The maximum atomic E-state index is 12.5. The second-order valence-electron chi connectivity index (χ2n) is 4.64. The lowest BCUT2D eigenvalue weighted by molar-refractivity contribution is 0.0649. The van der Waals surface area contributed by atoms with Gasteiger partial charge in [-0.15, -0.1) is 11.3 Å². The molecule has 1 amide bonds. The number of hydrogen-bond acceptors (Lipinski definition) is 3. The fraction of sp³-hybridized carbons (Fsp3) is 0.615. The van der Waals surface area contributed by atoms with Crippen molar-refractivity contribution < 1.29 is 4.79 Å². The molecule has 0 aromatic carbocycles. The van der Waals surface area contributed by atoms with Crippen LogP contribution in [0.2, 0.25) is 0 Å². The van der Waals surface area contributed by atoms with Crippen molar-refractivity contribution in [2.75, 3.05) is 19.6 Å². The van der Waals surface area contributed by atoms with E-state index >= 15 is 0 Å². The summed E-state index contributed by atoms with van der Waals surface area (Å²) in [4.78, 5) is 14.6. The highest BCUT2D eigenvalue weighted by atomic mass is 127. The SMILES string of the molecule is CCCN(C(=O)c1csc(I)c1)C1CCCNC1. The number of nitrogens with one attached hydrogen (secondary N) is 1. The summed E-state index contributed by atoms with van der Waals surface area (Å²) in [6.07, 6.45) is 3.31. The van der Waals surface area contributed by atoms with Gasteiger partial charge in [0.05, 0.1) is 8.45 Å². The van der Waals surface area contributed by atoms with Crippen LogP contribution in [0.15, 0.2) is 11.4 Å². The average molecular weight is 378 g/mol. The highest BCUT2D eigenvalue weighted by Gasteiger charge is 2.25. The number of nitrogens with zero attached hydrogens (tertiary/aromatic N) is 1. The summed E-state index contributed by atoms with van der Waals surface area (Å²) in [6.45, 7) is 5.01. The fourth-order valence-electron chi connectivity index (χ4n) is 2.38. The predicted molar refractivity (Wildman–Crippen MR) is 84.3 cm³/mol. The molecule has 0 aliphatic carbocycles. The zero-order valence-electron chi connectivity index (χ0n) is 10.6. The molecule has 1 aromatic rings. The van der Waals surface area contributed by atoms with Crippen LogP contribution in [-0.2, 0) is 0 Å². The van der Waals surface area contributed by atoms with Crippen LogP contribution in [0.3, 0.4) is 0 Å². The van der Waals surface area contributed by atoms with Gasteiger partial charge in [-0.3, -0.25) is 4.79 Å². The van der Waals surface area contributed by atoms with Crippen molar-refractivity contribution in [3.8, 4) is 0 Å². The molecule has 0 spiro atoms. The van der Waals surface area contributed by atoms with E-state index in [4.69, 9.17) is 0 Å². The summed E-state index contributed by atoms with van der Waals surface area (Å²) in [6, 6.07) is 2.36. The van der Waals surface area contributed by atoms with Crippen LogP contribution >= 0.6 is 33.9 Å². The van der Waals surface area contributed by atoms with Crippen LogP contribution in [0.25, 0.3) is 0 Å². The number of thiophene rings is 1. The first-order valence-electron chi connectivity index (χ1n) is 6.48. The largest absolute Gasteiger partial charge is 0.334 e. The zero-order valence-corrected chi connectivity index (χ0v) is 13.6. The molecule has 1 aliphatic rings. The normalized spacial score (nSPS) is 19.8. The number of piperidine rings is 1. The van der Waals surface area contributed by atoms with E-state index in [2.05, 4.69) is 39.7 Å². The Morgan fingerprint density at radius 3 is 3.06 bits per heavy atom. The smallest absolute Gasteiger partial charge is 0.255 e. The number of hydrogen-bond donors (Lipinski definition) is 1. The van der Waals surface area contributed by atoms with Crippen LogP contribution in [-0.4, -0.2) is 36.5 Å². The highest BCUT2D eigenvalue weighted by molar-refractivity contribution is 14.1. The van der Waals surface area contributed by atoms with Crippen molar-refractivity contribution in [3.63, 3.8) is 0 Å². The minimum atomic E-state index is 0.199. The van der Waals surface area contributed by atoms with Crippen molar-refractivity contribution in [1.29, 1.82) is 0 Å². The van der Waals surface area contributed by atoms with Crippen molar-refractivity contribution in [3.05, 3.63) is 19.9 Å². The molecular weight excluding hydrogens is 359 g/mol. The molecule has 1 saturated heterocycles. The second kappa shape index (κ2) is 6.86. The minimum absolute atomic E-state index is 0.199. The summed E-state index contributed by atoms with van der Waals surface area (Å²) >= 11 is 3.91. The van der Waals surface area contributed by atoms with Gasteiger partial charge in [0.2, 0.25) is 0 Å². The monoisotopic (exact) mass is 378 g/mol. The van der Waals surface area contributed by atoms with E-state index in [-0.39, 0.29) is 5.91 Å². The van der Waals surface area contributed by atoms with E-state index in [1.165, 1.54) is 9.30 Å². The van der Waals surface area contributed by atoms with Gasteiger partial charge < -0.3 is 10.2 Å². The molecule has 0 bridgehead atoms. The second-order valence-corrected chi connectivity index (χ2v) is 7.44. The summed E-state index contributed by atoms with van der Waals surface area (Å²) in [5, 5.41) is 5.37. The van der Waals surface area contributed by atoms with Gasteiger partial charge in [0.1, 0.15) is 0 Å². The Bertz CT molecular complexity index is 401. The molecule has 0 radical (unpaired) electrons. The summed E-state index contributed by atoms with van der Waals surface area (Å²) < 4.78 is 1.18. The Balaban J connectivity index is 2.10. The molecular formula is C13H19IN2OS. The van der Waals surface area contributed by atoms with Gasteiger partial charge in [-0.25, -0.2) is 0 Å². The highest BCUT2D eigenvalue weighted by Crippen LogP contribution is 2.20. The summed E-state index contributed by atoms with van der Waals surface area (Å²) in [5.74, 6) is 0.199. The van der Waals surface area contributed by atoms with E-state index in [1.807, 2.05) is 11.4 Å². The minimum Gasteiger partial charge on any atom is -0.334 e. The molecule has 18 heavy (non-hydrogen) atoms. The molecule has 1 N–H and O–H groups in total. The van der Waals surface area contributed by atoms with Crippen molar-refractivity contribution in [2.24, 2.45) is 0 Å². The first-order chi connectivity index (χ1) is 8.72. The lowest BCUT2D eigenvalue weighted by Gasteiger charge is -2.34. The first kappa shape index (κ1) is 14.3. The molecule has 1 aliphatic heterocycles. The topological polar surface area (TPSA) is 32.3 Å². The number of rotatable bonds is 4. The third-order valence-electron chi connectivity index (χ3n) is 3.25. The molecule has 0 saturated carbocycles. The van der Waals surface area contributed by atoms with Crippen molar-refractivity contribution in [1.82, 2.24) is 10.2 Å². The molecule has 2 rings (SSSR count). The van der Waals surface area contributed by atoms with Gasteiger partial charge in [0.25, 0.3) is 5.91 Å². The van der Waals surface area contributed by atoms with Gasteiger partial charge in [-0.2, -0.15) is 0 Å². The molecule has 1 fully saturated rings. The lowest BCUT2D eigenvalue weighted by atomic mass is 10.0. The lowest BCUT2D eigenvalue weighted by Crippen LogP contribution is -2.48. The van der Waals surface area contributed by atoms with Crippen LogP contribution in [0.1, 0.15) is 36.5 Å². The van der Waals surface area contributed by atoms with E-state index < -0.39 is 0 Å². The number of carbonyl (C=O) groups excluding carboxylic acids is 1. The standard InChI is InChI=1S/C13H19IN2OS/c1-2-6-16(11-4-3-5-15-8-11)13(17)10-7-12(14)18-9-10/h7,9,11,15H,2-6,8H2,1H3. The van der Waals surface area contributed by atoms with Crippen molar-refractivity contribution in [2.45, 2.75) is 32.2 Å². The molecule has 1 unspecified atom stereocenters. The quantitative estimate of drug-likeness (QED) is 0.818. The summed E-state index contributed by atoms with van der Waals surface area (Å²) in [5.41, 5.74) is 0.850. The molecule has 100 valence electrons. The number of halogens is 1. The Hall–Kier alpha value is -0.140. The number of amides is 1. The van der Waals surface area contributed by atoms with Gasteiger partial charge in [0, 0.05) is 24.5 Å². The molecule has 2 heterocycles. The Labute approximate surface area is 126 Å². The molecule has 3 nitrogen and oxygen atoms in total. The Morgan fingerprint density at radius 2 is 2.50 bits per heavy atom. The number of carbonyl (C=O) groups is 1. The van der Waals surface area contributed by atoms with Gasteiger partial charge in [0.15, 0.2) is 0 Å². The van der Waals surface area contributed by atoms with Crippen LogP contribution in [0.5, 0.6) is 0 Å². The van der Waals surface area contributed by atoms with E-state index in [0.29, 0.717) is 6.04 Å². The molecule has 1 aromatic heterocycles. The van der Waals surface area contributed by atoms with E-state index in [9.17, 15) is 4.79 Å². The fourth-order valence-corrected chi connectivity index (χ4v) is 3.70. The van der Waals surface area contributed by atoms with Crippen LogP contribution in [0.4, 0.5) is 0 Å². The maximum Gasteiger partial charge on any atom is 0.255 e. The van der Waals surface area contributed by atoms with Gasteiger partial charge >= 0.3 is 0 Å². The summed E-state index contributed by atoms with van der Waals surface area (Å²) in [7, 11) is 0. The van der Waals surface area contributed by atoms with Gasteiger partial charge in [-0.05, 0) is 54.5 Å². The third-order valence-corrected chi connectivity index (χ3v) is 5.04. The van der Waals surface area contributed by atoms with Gasteiger partial charge in [-0.1, -0.05) is 6.92 Å². The maximum absolute atomic E-state index is 12.5. The molecule has 5 heteroatoms. The predicted octanol–water partition coefficient (Wildman–Crippen LogP) is 2.96.